The van der Waals surface area contributed by atoms with Gasteiger partial charge in [0.2, 0.25) is 11.8 Å². The van der Waals surface area contributed by atoms with Gasteiger partial charge >= 0.3 is 5.24 Å². The van der Waals surface area contributed by atoms with Gasteiger partial charge in [-0.2, -0.15) is 5.10 Å². The van der Waals surface area contributed by atoms with Crippen LogP contribution in [0.1, 0.15) is 11.5 Å². The molecule has 26 heavy (non-hydrogen) atoms. The van der Waals surface area contributed by atoms with Crippen LogP contribution in [-0.4, -0.2) is 31.9 Å². The number of amides is 1. The Bertz CT molecular complexity index is 957. The predicted octanol–water partition coefficient (Wildman–Crippen LogP) is 3.95. The van der Waals surface area contributed by atoms with Crippen molar-refractivity contribution in [3.8, 4) is 11.5 Å². The van der Waals surface area contributed by atoms with E-state index in [0.29, 0.717) is 23.2 Å². The van der Waals surface area contributed by atoms with Crippen molar-refractivity contribution in [2.24, 2.45) is 5.10 Å². The monoisotopic (exact) mass is 368 g/mol. The van der Waals surface area contributed by atoms with Crippen LogP contribution in [0.25, 0.3) is 11.5 Å². The second kappa shape index (κ2) is 7.09. The number of carbonyl (C=O) groups is 1. The van der Waals surface area contributed by atoms with Gasteiger partial charge in [0.05, 0.1) is 5.71 Å². The van der Waals surface area contributed by atoms with Crippen LogP contribution in [0.4, 0.5) is 9.18 Å². The number of halogens is 1. The zero-order valence-corrected chi connectivity index (χ0v) is 14.3. The minimum absolute atomic E-state index is 0.0797. The summed E-state index contributed by atoms with van der Waals surface area (Å²) >= 11 is 1.13. The molecule has 3 aromatic rings. The lowest BCUT2D eigenvalue weighted by Gasteiger charge is -2.21. The molecule has 1 aliphatic heterocycles. The van der Waals surface area contributed by atoms with E-state index in [2.05, 4.69) is 15.3 Å². The van der Waals surface area contributed by atoms with Gasteiger partial charge in [0.1, 0.15) is 12.4 Å². The summed E-state index contributed by atoms with van der Waals surface area (Å²) in [6.07, 6.45) is 0. The zero-order valence-electron chi connectivity index (χ0n) is 13.5. The van der Waals surface area contributed by atoms with E-state index >= 15 is 0 Å². The van der Waals surface area contributed by atoms with Crippen LogP contribution < -0.4 is 0 Å². The van der Waals surface area contributed by atoms with Gasteiger partial charge in [-0.15, -0.1) is 10.2 Å². The fourth-order valence-electron chi connectivity index (χ4n) is 2.45. The third-order valence-corrected chi connectivity index (χ3v) is 4.61. The molecule has 0 aliphatic carbocycles. The quantitative estimate of drug-likeness (QED) is 0.697. The van der Waals surface area contributed by atoms with Crippen LogP contribution in [0.5, 0.6) is 0 Å². The predicted molar refractivity (Wildman–Crippen MR) is 96.1 cm³/mol. The maximum Gasteiger partial charge on any atom is 0.302 e. The van der Waals surface area contributed by atoms with Crippen LogP contribution in [0.2, 0.25) is 0 Å². The maximum atomic E-state index is 13.1. The second-order valence-electron chi connectivity index (χ2n) is 5.53. The lowest BCUT2D eigenvalue weighted by molar-refractivity contribution is 0.216. The Labute approximate surface area is 152 Å². The Balaban J connectivity index is 1.55. The summed E-state index contributed by atoms with van der Waals surface area (Å²) in [5.74, 6) is 0.799. The van der Waals surface area contributed by atoms with Crippen molar-refractivity contribution in [2.45, 2.75) is 6.54 Å². The molecule has 2 aromatic carbocycles. The summed E-state index contributed by atoms with van der Waals surface area (Å²) < 4.78 is 18.7. The molecule has 4 rings (SSSR count). The van der Waals surface area contributed by atoms with E-state index in [4.69, 9.17) is 4.42 Å². The van der Waals surface area contributed by atoms with Crippen molar-refractivity contribution in [3.05, 3.63) is 71.9 Å². The van der Waals surface area contributed by atoms with Crippen molar-refractivity contribution < 1.29 is 13.6 Å². The van der Waals surface area contributed by atoms with Crippen LogP contribution in [-0.2, 0) is 6.54 Å². The van der Waals surface area contributed by atoms with Crippen LogP contribution >= 0.6 is 11.8 Å². The highest BCUT2D eigenvalue weighted by Crippen LogP contribution is 2.23. The van der Waals surface area contributed by atoms with Gasteiger partial charge < -0.3 is 4.42 Å². The van der Waals surface area contributed by atoms with E-state index in [1.165, 1.54) is 17.1 Å². The Morgan fingerprint density at radius 3 is 2.58 bits per heavy atom. The summed E-state index contributed by atoms with van der Waals surface area (Å²) in [7, 11) is 0. The highest BCUT2D eigenvalue weighted by Gasteiger charge is 2.24. The van der Waals surface area contributed by atoms with Crippen molar-refractivity contribution in [3.63, 3.8) is 0 Å². The summed E-state index contributed by atoms with van der Waals surface area (Å²) in [4.78, 5) is 12.1. The van der Waals surface area contributed by atoms with E-state index < -0.39 is 0 Å². The van der Waals surface area contributed by atoms with E-state index in [-0.39, 0.29) is 17.6 Å². The molecule has 0 atom stereocenters. The van der Waals surface area contributed by atoms with Crippen molar-refractivity contribution in [1.82, 2.24) is 15.2 Å². The minimum Gasteiger partial charge on any atom is -0.419 e. The first-order valence-corrected chi connectivity index (χ1v) is 8.83. The molecular formula is C18H13FN4O2S. The normalized spacial score (nSPS) is 14.4. The number of rotatable bonds is 4. The molecule has 0 unspecified atom stereocenters. The largest absolute Gasteiger partial charge is 0.419 e. The summed E-state index contributed by atoms with van der Waals surface area (Å²) in [5, 5.41) is 13.5. The molecule has 0 spiro atoms. The third-order valence-electron chi connectivity index (χ3n) is 3.73. The molecule has 130 valence electrons. The number of aromatic nitrogens is 2. The Morgan fingerprint density at radius 2 is 1.81 bits per heavy atom. The average molecular weight is 368 g/mol. The molecule has 0 saturated heterocycles. The van der Waals surface area contributed by atoms with Gasteiger partial charge in [0, 0.05) is 11.3 Å². The Morgan fingerprint density at radius 1 is 1.04 bits per heavy atom. The highest BCUT2D eigenvalue weighted by atomic mass is 32.2. The van der Waals surface area contributed by atoms with Crippen molar-refractivity contribution in [2.75, 3.05) is 5.75 Å². The smallest absolute Gasteiger partial charge is 0.302 e. The van der Waals surface area contributed by atoms with Crippen molar-refractivity contribution >= 4 is 22.7 Å². The molecule has 2 heterocycles. The Kier molecular flexibility index (Phi) is 4.49. The van der Waals surface area contributed by atoms with Gasteiger partial charge in [0.15, 0.2) is 0 Å². The minimum atomic E-state index is -0.315. The molecule has 1 amide bonds. The molecule has 8 heteroatoms. The van der Waals surface area contributed by atoms with E-state index in [1.54, 1.807) is 12.1 Å². The van der Waals surface area contributed by atoms with Gasteiger partial charge in [-0.25, -0.2) is 9.40 Å². The van der Waals surface area contributed by atoms with Gasteiger partial charge in [0.25, 0.3) is 0 Å². The number of hydrazone groups is 1. The maximum absolute atomic E-state index is 13.1. The summed E-state index contributed by atoms with van der Waals surface area (Å²) in [6, 6.07) is 15.4. The number of thioether (sulfide) groups is 1. The number of benzene rings is 2. The standard InChI is InChI=1S/C18H13FN4O2S/c19-14-8-6-12(7-9-14)15-11-26-18(24)23(22-15)10-16-20-21-17(25-16)13-4-2-1-3-5-13/h1-9H,10-11H2. The van der Waals surface area contributed by atoms with Gasteiger partial charge in [-0.1, -0.05) is 42.1 Å². The lowest BCUT2D eigenvalue weighted by atomic mass is 10.1. The van der Waals surface area contributed by atoms with Crippen molar-refractivity contribution in [1.29, 1.82) is 0 Å². The molecule has 1 aliphatic rings. The molecule has 1 aromatic heterocycles. The molecule has 0 saturated carbocycles. The first-order chi connectivity index (χ1) is 12.7. The SMILES string of the molecule is O=C1SCC(c2ccc(F)cc2)=NN1Cc1nnc(-c2ccccc2)o1. The second-order valence-corrected chi connectivity index (χ2v) is 6.46. The van der Waals surface area contributed by atoms with Gasteiger partial charge in [-0.05, 0) is 29.8 Å². The summed E-state index contributed by atoms with van der Waals surface area (Å²) in [6.45, 7) is 0.0797. The third kappa shape index (κ3) is 3.50. The number of carbonyl (C=O) groups excluding carboxylic acids is 1. The van der Waals surface area contributed by atoms with E-state index in [0.717, 1.165) is 22.9 Å². The Hall–Kier alpha value is -3.00. The lowest BCUT2D eigenvalue weighted by Crippen LogP contribution is -2.29. The fourth-order valence-corrected chi connectivity index (χ4v) is 3.19. The number of hydrogen-bond acceptors (Lipinski definition) is 6. The topological polar surface area (TPSA) is 71.6 Å². The van der Waals surface area contributed by atoms with Crippen LogP contribution in [0.15, 0.2) is 64.1 Å². The number of hydrogen-bond donors (Lipinski definition) is 0. The summed E-state index contributed by atoms with van der Waals surface area (Å²) in [5.41, 5.74) is 2.27. The molecule has 6 nitrogen and oxygen atoms in total. The molecular weight excluding hydrogens is 355 g/mol. The molecule has 0 radical (unpaired) electrons. The zero-order chi connectivity index (χ0) is 17.9. The van der Waals surface area contributed by atoms with E-state index in [1.807, 2.05) is 30.3 Å². The average Bonchev–Trinajstić information content (AvgIpc) is 3.14. The molecule has 0 bridgehead atoms. The number of nitrogens with zero attached hydrogens (tertiary/aromatic N) is 4. The molecule has 0 N–H and O–H groups in total. The first-order valence-electron chi connectivity index (χ1n) is 7.84. The van der Waals surface area contributed by atoms with E-state index in [9.17, 15) is 9.18 Å². The molecule has 0 fully saturated rings. The first kappa shape index (κ1) is 16.5. The van der Waals surface area contributed by atoms with Crippen LogP contribution in [0.3, 0.4) is 0 Å². The highest BCUT2D eigenvalue weighted by molar-refractivity contribution is 8.14. The van der Waals surface area contributed by atoms with Gasteiger partial charge in [-0.3, -0.25) is 4.79 Å². The van der Waals surface area contributed by atoms with Crippen LogP contribution in [0, 0.1) is 5.82 Å². The fraction of sp³-hybridized carbons (Fsp3) is 0.111.